The minimum absolute atomic E-state index is 0.0649. The lowest BCUT2D eigenvalue weighted by atomic mass is 10.4. The Morgan fingerprint density at radius 3 is 2.25 bits per heavy atom. The van der Waals surface area contributed by atoms with Gasteiger partial charge in [0.1, 0.15) is 12.0 Å². The zero-order valence-electron chi connectivity index (χ0n) is 6.31. The monoisotopic (exact) mass is 176 g/mol. The van der Waals surface area contributed by atoms with E-state index in [9.17, 15) is 9.59 Å². The second-order valence-electron chi connectivity index (χ2n) is 1.69. The van der Waals surface area contributed by atoms with Gasteiger partial charge in [-0.25, -0.2) is 9.59 Å². The Hall–Kier alpha value is -1.72. The molecule has 0 saturated carbocycles. The van der Waals surface area contributed by atoms with Gasteiger partial charge in [0.05, 0.1) is 0 Å². The Labute approximate surface area is 68.0 Å². The van der Waals surface area contributed by atoms with E-state index in [2.05, 4.69) is 9.47 Å². The van der Waals surface area contributed by atoms with Gasteiger partial charge in [-0.05, 0) is 0 Å². The van der Waals surface area contributed by atoms with Crippen LogP contribution in [0.1, 0.15) is 13.3 Å². The van der Waals surface area contributed by atoms with Crippen LogP contribution in [0.5, 0.6) is 0 Å². The highest BCUT2D eigenvalue weighted by Gasteiger charge is 2.03. The quantitative estimate of drug-likeness (QED) is 0.501. The lowest BCUT2D eigenvalue weighted by Gasteiger charge is -2.00. The van der Waals surface area contributed by atoms with Crippen molar-refractivity contribution in [2.45, 2.75) is 13.3 Å². The van der Waals surface area contributed by atoms with Crippen molar-refractivity contribution in [1.29, 1.82) is 0 Å². The van der Waals surface area contributed by atoms with E-state index in [0.717, 1.165) is 6.26 Å². The molecule has 12 heavy (non-hydrogen) atoms. The molecule has 0 bridgehead atoms. The Morgan fingerprint density at radius 2 is 1.92 bits per heavy atom. The normalized spacial score (nSPS) is 10.6. The first-order valence-electron chi connectivity index (χ1n) is 3.05. The number of allylic oxidation sites excluding steroid dienone is 1. The first kappa shape index (κ1) is 10.3. The summed E-state index contributed by atoms with van der Waals surface area (Å²) in [6.45, 7) is 1.60. The van der Waals surface area contributed by atoms with Gasteiger partial charge >= 0.3 is 12.3 Å². The van der Waals surface area contributed by atoms with Crippen molar-refractivity contribution in [3.8, 4) is 0 Å². The van der Waals surface area contributed by atoms with E-state index < -0.39 is 12.3 Å². The molecule has 0 fully saturated rings. The molecule has 0 aliphatic carbocycles. The summed E-state index contributed by atoms with van der Waals surface area (Å²) in [4.78, 5) is 19.8. The molecular formula is C6H8O6. The van der Waals surface area contributed by atoms with E-state index in [4.69, 9.17) is 10.2 Å². The number of ether oxygens (including phenoxy) is 2. The van der Waals surface area contributed by atoms with Gasteiger partial charge in [0.25, 0.3) is 0 Å². The highest BCUT2D eigenvalue weighted by Crippen LogP contribution is 2.03. The van der Waals surface area contributed by atoms with Crippen LogP contribution in [0.4, 0.5) is 9.59 Å². The van der Waals surface area contributed by atoms with E-state index in [1.807, 2.05) is 0 Å². The van der Waals surface area contributed by atoms with Crippen molar-refractivity contribution < 1.29 is 29.3 Å². The molecule has 0 rings (SSSR count). The Balaban J connectivity index is 4.04. The molecule has 0 spiro atoms. The lowest BCUT2D eigenvalue weighted by Crippen LogP contribution is -2.01. The molecule has 0 atom stereocenters. The molecule has 0 heterocycles. The van der Waals surface area contributed by atoms with E-state index in [0.29, 0.717) is 0 Å². The van der Waals surface area contributed by atoms with Crippen LogP contribution in [0.25, 0.3) is 0 Å². The number of carbonyl (C=O) groups is 2. The van der Waals surface area contributed by atoms with E-state index >= 15 is 0 Å². The predicted molar refractivity (Wildman–Crippen MR) is 36.6 cm³/mol. The molecule has 0 aromatic carbocycles. The second-order valence-corrected chi connectivity index (χ2v) is 1.69. The molecule has 0 aliphatic heterocycles. The molecule has 0 aliphatic rings. The van der Waals surface area contributed by atoms with Crippen molar-refractivity contribution in [3.05, 3.63) is 12.0 Å². The van der Waals surface area contributed by atoms with Crippen molar-refractivity contribution in [3.63, 3.8) is 0 Å². The zero-order valence-corrected chi connectivity index (χ0v) is 6.31. The third-order valence-corrected chi connectivity index (χ3v) is 0.858. The summed E-state index contributed by atoms with van der Waals surface area (Å²) in [7, 11) is 0. The molecule has 6 heteroatoms. The summed E-state index contributed by atoms with van der Waals surface area (Å²) >= 11 is 0. The summed E-state index contributed by atoms with van der Waals surface area (Å²) < 4.78 is 8.10. The Kier molecular flexibility index (Phi) is 4.28. The maximum absolute atomic E-state index is 9.95. The van der Waals surface area contributed by atoms with Crippen LogP contribution < -0.4 is 0 Å². The fourth-order valence-electron chi connectivity index (χ4n) is 0.408. The van der Waals surface area contributed by atoms with Gasteiger partial charge in [-0.3, -0.25) is 0 Å². The standard InChI is InChI=1S/C6H8O6/c1-2-4(12-6(9)10)3-11-5(7)8/h3H,2H2,1H3,(H,7,8)(H,9,10)/b4-3+. The van der Waals surface area contributed by atoms with Gasteiger partial charge in [-0.15, -0.1) is 0 Å². The van der Waals surface area contributed by atoms with Crippen LogP contribution in [0.2, 0.25) is 0 Å². The summed E-state index contributed by atoms with van der Waals surface area (Å²) in [5.74, 6) is -0.0649. The van der Waals surface area contributed by atoms with Gasteiger partial charge in [-0.2, -0.15) is 0 Å². The first-order chi connectivity index (χ1) is 5.56. The van der Waals surface area contributed by atoms with Crippen LogP contribution in [0, 0.1) is 0 Å². The third kappa shape index (κ3) is 5.10. The highest BCUT2D eigenvalue weighted by molar-refractivity contribution is 5.59. The molecule has 68 valence electrons. The van der Waals surface area contributed by atoms with Gasteiger partial charge in [-0.1, -0.05) is 6.92 Å². The van der Waals surface area contributed by atoms with Crippen LogP contribution in [-0.4, -0.2) is 22.5 Å². The van der Waals surface area contributed by atoms with Crippen LogP contribution >= 0.6 is 0 Å². The molecule has 0 saturated heterocycles. The predicted octanol–water partition coefficient (Wildman–Crippen LogP) is 1.63. The fraction of sp³-hybridized carbons (Fsp3) is 0.333. The van der Waals surface area contributed by atoms with Crippen molar-refractivity contribution in [1.82, 2.24) is 0 Å². The number of rotatable bonds is 3. The third-order valence-electron chi connectivity index (χ3n) is 0.858. The largest absolute Gasteiger partial charge is 0.511 e. The number of hydrogen-bond acceptors (Lipinski definition) is 4. The Morgan fingerprint density at radius 1 is 1.33 bits per heavy atom. The lowest BCUT2D eigenvalue weighted by molar-refractivity contribution is 0.104. The highest BCUT2D eigenvalue weighted by atomic mass is 16.7. The van der Waals surface area contributed by atoms with Gasteiger partial charge in [0.2, 0.25) is 0 Å². The topological polar surface area (TPSA) is 93.1 Å². The fourth-order valence-corrected chi connectivity index (χ4v) is 0.408. The average molecular weight is 176 g/mol. The molecule has 0 aromatic heterocycles. The molecule has 0 aromatic rings. The van der Waals surface area contributed by atoms with Gasteiger partial charge < -0.3 is 19.7 Å². The molecule has 6 nitrogen and oxygen atoms in total. The molecule has 0 unspecified atom stereocenters. The zero-order chi connectivity index (χ0) is 9.56. The second kappa shape index (κ2) is 5.00. The van der Waals surface area contributed by atoms with Crippen molar-refractivity contribution in [2.75, 3.05) is 0 Å². The summed E-state index contributed by atoms with van der Waals surface area (Å²) in [6.07, 6.45) is -2.05. The molecule has 0 amide bonds. The van der Waals surface area contributed by atoms with Crippen LogP contribution in [-0.2, 0) is 9.47 Å². The average Bonchev–Trinajstić information content (AvgIpc) is 1.97. The summed E-state index contributed by atoms with van der Waals surface area (Å²) in [5.41, 5.74) is 0. The summed E-state index contributed by atoms with van der Waals surface area (Å²) in [6, 6.07) is 0. The minimum Gasteiger partial charge on any atom is -0.449 e. The molecular weight excluding hydrogens is 168 g/mol. The number of hydrogen-bond donors (Lipinski definition) is 2. The van der Waals surface area contributed by atoms with E-state index in [-0.39, 0.29) is 12.2 Å². The SMILES string of the molecule is CC/C(=C\OC(=O)O)OC(=O)O. The summed E-state index contributed by atoms with van der Waals surface area (Å²) in [5, 5.41) is 16.1. The van der Waals surface area contributed by atoms with Gasteiger partial charge in [0.15, 0.2) is 0 Å². The van der Waals surface area contributed by atoms with Crippen LogP contribution in [0.15, 0.2) is 12.0 Å². The van der Waals surface area contributed by atoms with Crippen molar-refractivity contribution in [2.24, 2.45) is 0 Å². The molecule has 2 N–H and O–H groups in total. The smallest absolute Gasteiger partial charge is 0.449 e. The molecule has 0 radical (unpaired) electrons. The minimum atomic E-state index is -1.52. The Bertz CT molecular complexity index is 206. The van der Waals surface area contributed by atoms with Crippen LogP contribution in [0.3, 0.4) is 0 Å². The maximum Gasteiger partial charge on any atom is 0.511 e. The van der Waals surface area contributed by atoms with Crippen molar-refractivity contribution >= 4 is 12.3 Å². The number of carboxylic acid groups (broad SMARTS) is 2. The van der Waals surface area contributed by atoms with Gasteiger partial charge in [0, 0.05) is 6.42 Å². The maximum atomic E-state index is 9.95. The van der Waals surface area contributed by atoms with E-state index in [1.165, 1.54) is 0 Å². The first-order valence-corrected chi connectivity index (χ1v) is 3.05. The van der Waals surface area contributed by atoms with E-state index in [1.54, 1.807) is 6.92 Å².